The monoisotopic (exact) mass is 169 g/mol. The van der Waals surface area contributed by atoms with Gasteiger partial charge in [0, 0.05) is 10.7 Å². The first kappa shape index (κ1) is 7.69. The number of aliphatic imine (C=N–C) groups is 1. The minimum atomic E-state index is 0.815. The van der Waals surface area contributed by atoms with Gasteiger partial charge in [-0.05, 0) is 22.6 Å². The predicted molar refractivity (Wildman–Crippen MR) is 41.5 cm³/mol. The van der Waals surface area contributed by atoms with Gasteiger partial charge in [0.05, 0.1) is 0 Å². The number of rotatable bonds is 2. The Morgan fingerprint density at radius 2 is 2.38 bits per heavy atom. The quantitative estimate of drug-likeness (QED) is 0.339. The molecule has 0 atom stereocenters. The van der Waals surface area contributed by atoms with Crippen LogP contribution in [0.1, 0.15) is 0 Å². The van der Waals surface area contributed by atoms with Crippen LogP contribution in [-0.2, 0) is 0 Å². The molecule has 0 aromatic carbocycles. The molecule has 0 spiro atoms. The molecule has 0 bridgehead atoms. The Labute approximate surface area is 58.7 Å². The van der Waals surface area contributed by atoms with Crippen molar-refractivity contribution >= 4 is 30.5 Å². The van der Waals surface area contributed by atoms with Crippen LogP contribution in [0.15, 0.2) is 27.7 Å². The highest BCUT2D eigenvalue weighted by Gasteiger charge is 1.75. The highest BCUT2D eigenvalue weighted by molar-refractivity contribution is 9.11. The SMILES string of the molecule is [B]/C=C/C(Br)=C\N=C. The van der Waals surface area contributed by atoms with Gasteiger partial charge in [-0.3, -0.25) is 4.99 Å². The van der Waals surface area contributed by atoms with E-state index < -0.39 is 0 Å². The van der Waals surface area contributed by atoms with Gasteiger partial charge < -0.3 is 0 Å². The van der Waals surface area contributed by atoms with Gasteiger partial charge >= 0.3 is 0 Å². The zero-order valence-electron chi connectivity index (χ0n) is 4.34. The Kier molecular flexibility index (Phi) is 4.66. The molecule has 3 heteroatoms. The summed E-state index contributed by atoms with van der Waals surface area (Å²) in [6, 6.07) is 0. The number of allylic oxidation sites excluding steroid dienone is 2. The van der Waals surface area contributed by atoms with E-state index in [2.05, 4.69) is 27.6 Å². The van der Waals surface area contributed by atoms with Crippen LogP contribution in [-0.4, -0.2) is 14.6 Å². The summed E-state index contributed by atoms with van der Waals surface area (Å²) in [7, 11) is 5.05. The maximum Gasteiger partial charge on any atom is 0.102 e. The fourth-order valence-electron chi connectivity index (χ4n) is 0.222. The lowest BCUT2D eigenvalue weighted by Crippen LogP contribution is -1.58. The average molecular weight is 170 g/mol. The minimum absolute atomic E-state index is 0.815. The van der Waals surface area contributed by atoms with E-state index in [0.717, 1.165) is 4.48 Å². The molecule has 0 fully saturated rings. The van der Waals surface area contributed by atoms with Gasteiger partial charge in [0.2, 0.25) is 0 Å². The fourth-order valence-corrected chi connectivity index (χ4v) is 0.520. The second kappa shape index (κ2) is 4.84. The Bertz CT molecular complexity index is 128. The topological polar surface area (TPSA) is 12.4 Å². The van der Waals surface area contributed by atoms with Crippen LogP contribution < -0.4 is 0 Å². The van der Waals surface area contributed by atoms with Crippen molar-refractivity contribution in [3.8, 4) is 0 Å². The zero-order chi connectivity index (χ0) is 6.41. The highest BCUT2D eigenvalue weighted by atomic mass is 79.9. The molecule has 0 amide bonds. The lowest BCUT2D eigenvalue weighted by molar-refractivity contribution is 1.60. The van der Waals surface area contributed by atoms with Crippen molar-refractivity contribution in [3.63, 3.8) is 0 Å². The van der Waals surface area contributed by atoms with Crippen molar-refractivity contribution < 1.29 is 0 Å². The van der Waals surface area contributed by atoms with Crippen molar-refractivity contribution in [2.75, 3.05) is 0 Å². The van der Waals surface area contributed by atoms with Crippen LogP contribution in [0.2, 0.25) is 0 Å². The molecule has 0 rings (SSSR count). The smallest absolute Gasteiger partial charge is 0.102 e. The summed E-state index contributed by atoms with van der Waals surface area (Å²) in [4.78, 5) is 3.49. The highest BCUT2D eigenvalue weighted by Crippen LogP contribution is 2.04. The van der Waals surface area contributed by atoms with Crippen molar-refractivity contribution in [1.29, 1.82) is 0 Å². The van der Waals surface area contributed by atoms with Gasteiger partial charge in [-0.1, -0.05) is 6.08 Å². The number of halogens is 1. The first-order valence-electron chi connectivity index (χ1n) is 2.01. The van der Waals surface area contributed by atoms with Crippen molar-refractivity contribution in [2.45, 2.75) is 0 Å². The van der Waals surface area contributed by atoms with Gasteiger partial charge in [-0.15, -0.1) is 5.98 Å². The van der Waals surface area contributed by atoms with E-state index in [1.807, 2.05) is 0 Å². The Morgan fingerprint density at radius 1 is 1.75 bits per heavy atom. The first-order valence-corrected chi connectivity index (χ1v) is 2.80. The second-order valence-electron chi connectivity index (χ2n) is 1.06. The van der Waals surface area contributed by atoms with Gasteiger partial charge in [0.15, 0.2) is 0 Å². The molecule has 40 valence electrons. The molecule has 0 saturated carbocycles. The van der Waals surface area contributed by atoms with Crippen molar-refractivity contribution in [2.24, 2.45) is 4.99 Å². The van der Waals surface area contributed by atoms with E-state index in [1.54, 1.807) is 12.3 Å². The second-order valence-corrected chi connectivity index (χ2v) is 1.97. The minimum Gasteiger partial charge on any atom is -0.271 e. The number of hydrogen-bond donors (Lipinski definition) is 0. The molecule has 0 N–H and O–H groups in total. The summed E-state index contributed by atoms with van der Waals surface area (Å²) < 4.78 is 0.815. The van der Waals surface area contributed by atoms with Crippen LogP contribution >= 0.6 is 15.9 Å². The molecule has 0 saturated heterocycles. The molecule has 0 aliphatic rings. The molecular weight excluding hydrogens is 165 g/mol. The van der Waals surface area contributed by atoms with Gasteiger partial charge in [0.1, 0.15) is 7.85 Å². The maximum absolute atomic E-state index is 5.05. The van der Waals surface area contributed by atoms with E-state index in [1.165, 1.54) is 5.98 Å². The average Bonchev–Trinajstić information content (AvgIpc) is 1.68. The van der Waals surface area contributed by atoms with E-state index >= 15 is 0 Å². The third-order valence-electron chi connectivity index (χ3n) is 0.470. The Hall–Kier alpha value is -0.305. The largest absolute Gasteiger partial charge is 0.271 e. The molecule has 1 nitrogen and oxygen atoms in total. The lowest BCUT2D eigenvalue weighted by atomic mass is 10.1. The summed E-state index contributed by atoms with van der Waals surface area (Å²) in [6.45, 7) is 3.25. The van der Waals surface area contributed by atoms with E-state index in [4.69, 9.17) is 7.85 Å². The molecule has 8 heavy (non-hydrogen) atoms. The summed E-state index contributed by atoms with van der Waals surface area (Å²) in [6.07, 6.45) is 3.23. The maximum atomic E-state index is 5.05. The van der Waals surface area contributed by atoms with Crippen molar-refractivity contribution in [3.05, 3.63) is 22.7 Å². The molecular formula is C5H5BBrN. The third kappa shape index (κ3) is 3.87. The molecule has 0 aromatic rings. The normalized spacial score (nSPS) is 12.4. The molecule has 2 radical (unpaired) electrons. The Morgan fingerprint density at radius 3 is 2.75 bits per heavy atom. The lowest BCUT2D eigenvalue weighted by Gasteiger charge is -1.79. The number of nitrogens with zero attached hydrogens (tertiary/aromatic N) is 1. The van der Waals surface area contributed by atoms with Crippen LogP contribution in [0.25, 0.3) is 0 Å². The molecule has 0 aromatic heterocycles. The van der Waals surface area contributed by atoms with Gasteiger partial charge in [-0.2, -0.15) is 0 Å². The first-order chi connectivity index (χ1) is 3.81. The van der Waals surface area contributed by atoms with Crippen LogP contribution in [0.5, 0.6) is 0 Å². The fraction of sp³-hybridized carbons (Fsp3) is 0. The van der Waals surface area contributed by atoms with Gasteiger partial charge in [-0.25, -0.2) is 0 Å². The summed E-state index contributed by atoms with van der Waals surface area (Å²) in [5, 5.41) is 0. The predicted octanol–water partition coefficient (Wildman–Crippen LogP) is 1.61. The zero-order valence-corrected chi connectivity index (χ0v) is 5.93. The summed E-state index contributed by atoms with van der Waals surface area (Å²) >= 11 is 3.16. The molecule has 0 heterocycles. The standard InChI is InChI=1S/C5H5BBrN/c1-8-4-5(7)2-3-6/h2-4H,1H2/b3-2+,5-4+. The molecule has 0 unspecified atom stereocenters. The molecule has 0 aliphatic carbocycles. The van der Waals surface area contributed by atoms with Gasteiger partial charge in [0.25, 0.3) is 0 Å². The summed E-state index contributed by atoms with van der Waals surface area (Å²) in [5.41, 5.74) is 0. The number of hydrogen-bond acceptors (Lipinski definition) is 1. The van der Waals surface area contributed by atoms with Crippen molar-refractivity contribution in [1.82, 2.24) is 0 Å². The summed E-state index contributed by atoms with van der Waals surface area (Å²) in [5.74, 6) is 1.42. The van der Waals surface area contributed by atoms with Crippen LogP contribution in [0, 0.1) is 0 Å². The van der Waals surface area contributed by atoms with E-state index in [-0.39, 0.29) is 0 Å². The van der Waals surface area contributed by atoms with Crippen LogP contribution in [0.3, 0.4) is 0 Å². The van der Waals surface area contributed by atoms with E-state index in [0.29, 0.717) is 0 Å². The van der Waals surface area contributed by atoms with E-state index in [9.17, 15) is 0 Å². The third-order valence-corrected chi connectivity index (χ3v) is 0.939. The molecule has 0 aliphatic heterocycles. The Balaban J connectivity index is 3.79. The van der Waals surface area contributed by atoms with Crippen LogP contribution in [0.4, 0.5) is 0 Å².